The molecule has 7 nitrogen and oxygen atoms in total. The highest BCUT2D eigenvalue weighted by molar-refractivity contribution is 5.91. The number of hydrogen-bond donors (Lipinski definition) is 0. The Morgan fingerprint density at radius 2 is 1.66 bits per heavy atom. The molecule has 2 aromatic rings. The minimum absolute atomic E-state index is 0.0312. The van der Waals surface area contributed by atoms with E-state index in [-0.39, 0.29) is 12.0 Å². The molecule has 2 saturated heterocycles. The molecule has 3 heterocycles. The molecule has 3 fully saturated rings. The Balaban J connectivity index is 1.06. The number of hydrogen-bond acceptors (Lipinski definition) is 5. The number of benzene rings is 1. The zero-order valence-corrected chi connectivity index (χ0v) is 20.6. The maximum Gasteiger partial charge on any atom is 0.289 e. The maximum absolute atomic E-state index is 12.6. The van der Waals surface area contributed by atoms with Crippen molar-refractivity contribution in [1.82, 2.24) is 14.7 Å². The van der Waals surface area contributed by atoms with Crippen molar-refractivity contribution in [3.63, 3.8) is 0 Å². The van der Waals surface area contributed by atoms with Gasteiger partial charge in [-0.05, 0) is 48.6 Å². The van der Waals surface area contributed by atoms with Crippen molar-refractivity contribution in [2.24, 2.45) is 5.92 Å². The molecule has 0 unspecified atom stereocenters. The molecule has 5 rings (SSSR count). The number of piperazine rings is 1. The van der Waals surface area contributed by atoms with Gasteiger partial charge in [-0.1, -0.05) is 25.0 Å². The maximum atomic E-state index is 12.6. The highest BCUT2D eigenvalue weighted by Gasteiger charge is 2.27. The molecule has 2 amide bonds. The van der Waals surface area contributed by atoms with Gasteiger partial charge in [0, 0.05) is 65.1 Å². The van der Waals surface area contributed by atoms with E-state index in [4.69, 9.17) is 9.15 Å². The van der Waals surface area contributed by atoms with Gasteiger partial charge in [-0.15, -0.1) is 0 Å². The van der Waals surface area contributed by atoms with Gasteiger partial charge < -0.3 is 19.0 Å². The molecular weight excluding hydrogens is 442 g/mol. The van der Waals surface area contributed by atoms with Crippen molar-refractivity contribution < 1.29 is 18.7 Å². The summed E-state index contributed by atoms with van der Waals surface area (Å²) in [7, 11) is 0. The van der Waals surface area contributed by atoms with Gasteiger partial charge in [0.1, 0.15) is 11.9 Å². The summed E-state index contributed by atoms with van der Waals surface area (Å²) in [6.07, 6.45) is 9.25. The van der Waals surface area contributed by atoms with Crippen molar-refractivity contribution in [1.29, 1.82) is 0 Å². The SMILES string of the molecule is O=C(CC1CCCC1)N1CCC(Oc2cccc(CN3CCN(C(=O)c4ccco4)CC3)c2)CC1. The molecule has 0 spiro atoms. The predicted octanol–water partition coefficient (Wildman–Crippen LogP) is 4.19. The van der Waals surface area contributed by atoms with Gasteiger partial charge in [0.15, 0.2) is 5.76 Å². The van der Waals surface area contributed by atoms with Gasteiger partial charge in [-0.2, -0.15) is 0 Å². The van der Waals surface area contributed by atoms with Gasteiger partial charge in [0.2, 0.25) is 5.91 Å². The molecule has 1 aromatic carbocycles. The van der Waals surface area contributed by atoms with Crippen molar-refractivity contribution in [2.45, 2.75) is 57.6 Å². The average Bonchev–Trinajstić information content (AvgIpc) is 3.60. The fourth-order valence-corrected chi connectivity index (χ4v) is 5.65. The quantitative estimate of drug-likeness (QED) is 0.596. The first-order chi connectivity index (χ1) is 17.1. The molecule has 2 aliphatic heterocycles. The molecule has 1 aromatic heterocycles. The first kappa shape index (κ1) is 23.9. The molecule has 3 aliphatic rings. The van der Waals surface area contributed by atoms with Gasteiger partial charge in [0.05, 0.1) is 6.26 Å². The Labute approximate surface area is 208 Å². The van der Waals surface area contributed by atoms with E-state index in [1.165, 1.54) is 31.2 Å². The minimum atomic E-state index is -0.0312. The van der Waals surface area contributed by atoms with E-state index in [1.807, 2.05) is 15.9 Å². The zero-order valence-electron chi connectivity index (χ0n) is 20.6. The lowest BCUT2D eigenvalue weighted by molar-refractivity contribution is -0.134. The summed E-state index contributed by atoms with van der Waals surface area (Å²) < 4.78 is 11.6. The van der Waals surface area contributed by atoms with E-state index in [2.05, 4.69) is 23.1 Å². The van der Waals surface area contributed by atoms with E-state index in [1.54, 1.807) is 18.4 Å². The highest BCUT2D eigenvalue weighted by atomic mass is 16.5. The number of furan rings is 1. The Hall–Kier alpha value is -2.80. The van der Waals surface area contributed by atoms with Crippen molar-refractivity contribution in [3.8, 4) is 5.75 Å². The van der Waals surface area contributed by atoms with Crippen LogP contribution < -0.4 is 4.74 Å². The molecule has 0 radical (unpaired) electrons. The second-order valence-electron chi connectivity index (χ2n) is 10.2. The highest BCUT2D eigenvalue weighted by Crippen LogP contribution is 2.29. The van der Waals surface area contributed by atoms with Gasteiger partial charge in [0.25, 0.3) is 5.91 Å². The summed E-state index contributed by atoms with van der Waals surface area (Å²) in [5, 5.41) is 0. The lowest BCUT2D eigenvalue weighted by Gasteiger charge is -2.34. The summed E-state index contributed by atoms with van der Waals surface area (Å²) in [5.74, 6) is 2.23. The molecular formula is C28H37N3O4. The van der Waals surface area contributed by atoms with Crippen LogP contribution in [0.25, 0.3) is 0 Å². The summed E-state index contributed by atoms with van der Waals surface area (Å²) in [5.41, 5.74) is 1.22. The van der Waals surface area contributed by atoms with Crippen LogP contribution in [-0.2, 0) is 11.3 Å². The van der Waals surface area contributed by atoms with Crippen LogP contribution in [0.1, 0.15) is 61.1 Å². The van der Waals surface area contributed by atoms with Crippen LogP contribution in [0.4, 0.5) is 0 Å². The summed E-state index contributed by atoms with van der Waals surface area (Å²) in [4.78, 5) is 31.4. The van der Waals surface area contributed by atoms with Gasteiger partial charge in [-0.3, -0.25) is 14.5 Å². The molecule has 1 aliphatic carbocycles. The second-order valence-corrected chi connectivity index (χ2v) is 10.2. The van der Waals surface area contributed by atoms with Crippen LogP contribution in [0.5, 0.6) is 5.75 Å². The van der Waals surface area contributed by atoms with Crippen molar-refractivity contribution in [2.75, 3.05) is 39.3 Å². The van der Waals surface area contributed by atoms with Gasteiger partial charge in [-0.25, -0.2) is 0 Å². The zero-order chi connectivity index (χ0) is 24.0. The predicted molar refractivity (Wildman–Crippen MR) is 133 cm³/mol. The largest absolute Gasteiger partial charge is 0.490 e. The lowest BCUT2D eigenvalue weighted by atomic mass is 10.0. The Bertz CT molecular complexity index is 970. The van der Waals surface area contributed by atoms with Crippen LogP contribution in [0.15, 0.2) is 47.1 Å². The fourth-order valence-electron chi connectivity index (χ4n) is 5.65. The van der Waals surface area contributed by atoms with Gasteiger partial charge >= 0.3 is 0 Å². The van der Waals surface area contributed by atoms with Crippen molar-refractivity contribution in [3.05, 3.63) is 54.0 Å². The number of amides is 2. The first-order valence-corrected chi connectivity index (χ1v) is 13.2. The molecule has 35 heavy (non-hydrogen) atoms. The number of carbonyl (C=O) groups is 2. The van der Waals surface area contributed by atoms with E-state index >= 15 is 0 Å². The van der Waals surface area contributed by atoms with Crippen LogP contribution in [0, 0.1) is 5.92 Å². The Kier molecular flexibility index (Phi) is 7.72. The Morgan fingerprint density at radius 1 is 0.886 bits per heavy atom. The number of piperidine rings is 1. The van der Waals surface area contributed by atoms with E-state index in [0.29, 0.717) is 30.7 Å². The van der Waals surface area contributed by atoms with Crippen molar-refractivity contribution >= 4 is 11.8 Å². The average molecular weight is 480 g/mol. The van der Waals surface area contributed by atoms with E-state index in [0.717, 1.165) is 57.7 Å². The normalized spacial score (nSPS) is 20.3. The van der Waals surface area contributed by atoms with Crippen LogP contribution in [0.2, 0.25) is 0 Å². The number of nitrogens with zero attached hydrogens (tertiary/aromatic N) is 3. The topological polar surface area (TPSA) is 66.2 Å². The summed E-state index contributed by atoms with van der Waals surface area (Å²) in [6.45, 7) is 5.53. The summed E-state index contributed by atoms with van der Waals surface area (Å²) in [6, 6.07) is 11.8. The number of likely N-dealkylation sites (tertiary alicyclic amines) is 1. The standard InChI is InChI=1S/C28H37N3O4/c32-27(20-22-5-1-2-6-22)30-12-10-24(11-13-30)35-25-8-3-7-23(19-25)21-29-14-16-31(17-15-29)28(33)26-9-4-18-34-26/h3-4,7-9,18-19,22,24H,1-2,5-6,10-17,20-21H2. The molecule has 188 valence electrons. The fraction of sp³-hybridized carbons (Fsp3) is 0.571. The van der Waals surface area contributed by atoms with E-state index < -0.39 is 0 Å². The molecule has 1 saturated carbocycles. The third-order valence-electron chi connectivity index (χ3n) is 7.73. The Morgan fingerprint density at radius 3 is 2.37 bits per heavy atom. The minimum Gasteiger partial charge on any atom is -0.490 e. The third kappa shape index (κ3) is 6.26. The number of ether oxygens (including phenoxy) is 1. The molecule has 0 N–H and O–H groups in total. The second kappa shape index (κ2) is 11.3. The molecule has 7 heteroatoms. The summed E-state index contributed by atoms with van der Waals surface area (Å²) >= 11 is 0. The molecule has 0 atom stereocenters. The smallest absolute Gasteiger partial charge is 0.289 e. The monoisotopic (exact) mass is 479 g/mol. The van der Waals surface area contributed by atoms with Crippen LogP contribution >= 0.6 is 0 Å². The number of rotatable bonds is 7. The van der Waals surface area contributed by atoms with E-state index in [9.17, 15) is 9.59 Å². The number of carbonyl (C=O) groups excluding carboxylic acids is 2. The molecule has 0 bridgehead atoms. The first-order valence-electron chi connectivity index (χ1n) is 13.2. The third-order valence-corrected chi connectivity index (χ3v) is 7.73. The van der Waals surface area contributed by atoms with Crippen LogP contribution in [0.3, 0.4) is 0 Å². The van der Waals surface area contributed by atoms with Crippen LogP contribution in [-0.4, -0.2) is 71.9 Å². The lowest BCUT2D eigenvalue weighted by Crippen LogP contribution is -2.48.